The van der Waals surface area contributed by atoms with Crippen LogP contribution in [0.25, 0.3) is 0 Å². The molecule has 5 aliphatic carbocycles. The van der Waals surface area contributed by atoms with Gasteiger partial charge in [0.1, 0.15) is 162 Å². The molecule has 5 saturated heterocycles. The summed E-state index contributed by atoms with van der Waals surface area (Å²) in [7, 11) is 0. The average Bonchev–Trinajstić information content (AvgIpc) is 0.776. The topological polar surface area (TPSA) is 567 Å². The zero-order chi connectivity index (χ0) is 110. The Hall–Kier alpha value is -7.84. The lowest BCUT2D eigenvalue weighted by Gasteiger charge is -2.46. The number of aryl methyl sites for hydroxylation is 4. The number of phenols is 3. The van der Waals surface area contributed by atoms with Crippen molar-refractivity contribution in [1.29, 1.82) is 0 Å². The van der Waals surface area contributed by atoms with Gasteiger partial charge in [-0.15, -0.1) is 0 Å². The van der Waals surface area contributed by atoms with E-state index in [-0.39, 0.29) is 76.8 Å². The van der Waals surface area contributed by atoms with Crippen LogP contribution in [0.2, 0.25) is 0 Å². The molecule has 14 rings (SSSR count). The first-order valence-electron chi connectivity index (χ1n) is 53.9. The Labute approximate surface area is 882 Å². The number of hydrogen-bond acceptors (Lipinski definition) is 34. The van der Waals surface area contributed by atoms with E-state index < -0.39 is 204 Å². The number of benzene rings is 4. The number of hydrogen-bond donors (Lipinski definition) is 23. The number of aromatic hydroxyl groups is 3. The molecular formula is C116H172O34. The van der Waals surface area contributed by atoms with Crippen molar-refractivity contribution in [2.24, 2.45) is 29.6 Å². The van der Waals surface area contributed by atoms with Crippen molar-refractivity contribution in [2.75, 3.05) is 19.8 Å². The Morgan fingerprint density at radius 2 is 0.533 bits per heavy atom. The number of rotatable bonds is 34. The van der Waals surface area contributed by atoms with Crippen LogP contribution in [0.1, 0.15) is 275 Å². The molecule has 34 nitrogen and oxygen atoms in total. The van der Waals surface area contributed by atoms with Crippen LogP contribution in [0.4, 0.5) is 0 Å². The smallest absolute Gasteiger partial charge is 0.229 e. The van der Waals surface area contributed by atoms with Crippen LogP contribution in [0.15, 0.2) is 144 Å². The molecule has 10 aliphatic rings. The van der Waals surface area contributed by atoms with Gasteiger partial charge in [-0.25, -0.2) is 0 Å². The van der Waals surface area contributed by atoms with E-state index >= 15 is 0 Å². The highest BCUT2D eigenvalue weighted by molar-refractivity contribution is 5.57. The molecule has 23 N–H and O–H groups in total. The Morgan fingerprint density at radius 1 is 0.293 bits per heavy atom. The number of phenolic OH excluding ortho intramolecular Hbond substituents is 3. The minimum absolute atomic E-state index is 0.00173. The summed E-state index contributed by atoms with van der Waals surface area (Å²) in [5.74, 6) is 0.798. The van der Waals surface area contributed by atoms with Gasteiger partial charge in [0.05, 0.1) is 43.7 Å². The lowest BCUT2D eigenvalue weighted by Crippen LogP contribution is -2.63. The summed E-state index contributed by atoms with van der Waals surface area (Å²) in [5.41, 5.74) is 14.6. The Balaban J connectivity index is 0.000000191. The molecule has 6 fully saturated rings. The fourth-order valence-corrected chi connectivity index (χ4v) is 22.8. The standard InChI is InChI=1S/C33H50O10.C32H48O11.C26H38O6.C25H36O7/c1-6-8-18-12-22(35)26(21-11-17(5)9-10-20(21)16(3)4)24(13-18)43-33-31(40)32(29(38)23(7-2)42-33)41-25-14-19(15-34)27(36)30(39)28(25)37;1-6-8-17-12-21(41-31-29(38)27(36)25(34)20(7-2)40-31)24(19-11-16(5)9-10-18(19)15(3)4)22(13-17)42-32-30(39)28(37)26(35)23(14-33)43-32;1-6-8-16-12-19(27)22(18-11-15(5)9-10-17(18)14(3)4)21(13-16)32-26-25(30)24(29)23(28)20(7-2)31-26;1-5-6-15-10-18(27)21(17-9-14(4)7-8-16(17)13(2)3)19(11-15)31-25-24(30)23(29)22(28)20(12-26)32-25/h11-13,19-21,23,25,27-40H,3,6-10,14-15H2,1-2,4-5H3;11-13,18-20,23,25-39H,3,6-10,14H2,1-2,4-5H3;11-13,17-18,20,23-30H,3,6-10H2,1-2,4-5H3;9-11,16-17,20,22-30H,2,5-8,12H2,1,3-4H3/t19-,20+,21-,23-,25-,27-,28+,29-,30+,31-,32+,33+;18-,19+,20+,23+,25+,26+,27-,28-,29+,30+,31-,32+;17-,18+,20+,23+,24-,25+,26-;16-,17+,20+,22+,23-,24+,25+/m1000/s1. The largest absolute Gasteiger partial charge is 0.507 e. The summed E-state index contributed by atoms with van der Waals surface area (Å²) in [6, 6.07) is 14.5. The maximum absolute atomic E-state index is 11.5. The van der Waals surface area contributed by atoms with Gasteiger partial charge in [-0.3, -0.25) is 0 Å². The second-order valence-electron chi connectivity index (χ2n) is 43.3. The molecule has 0 unspecified atom stereocenters. The van der Waals surface area contributed by atoms with E-state index in [1.807, 2.05) is 99.6 Å². The van der Waals surface area contributed by atoms with Crippen molar-refractivity contribution < 1.29 is 170 Å². The predicted octanol–water partition coefficient (Wildman–Crippen LogP) is 10.4. The third-order valence-corrected chi connectivity index (χ3v) is 31.5. The van der Waals surface area contributed by atoms with Gasteiger partial charge in [0.2, 0.25) is 31.5 Å². The SMILES string of the molecule is C=C(C)[C@@H]1CCC(C)=C[C@H]1c1c(O)cc(CCC)cc1O[C@@H]1O[C@H](CC)[C@@H](O)[C@H](O)[C@H]1O.C=C(C)[C@@H]1CCC(C)=C[C@H]1c1c(O)cc(CCC)cc1O[C@@H]1O[C@H](CC)[C@@H](O)[C@H](O[C@@H]2C[C@H](CO)[C@@H](O)[C@H](O)[C@H]2O)[C@H]1O.C=C(C)[C@@H]1CCC(C)=C[C@H]1c1c(O)cc(CCC)cc1O[C@@H]1O[C@H](CO)[C@@H](O)[C@H](O)[C@H]1O.C=C(C)[C@@H]1CCC(C)=C[C@H]1c1c(O[C@@H]2O[C@H](CC)[C@@H](O)[C@H](O)[C@H]2O)cc(CCC)cc1O[C@@H]1O[C@H](CO)[C@@H](O)[C@H](O)[C@H]1O. The zero-order valence-electron chi connectivity index (χ0n) is 89.7. The first-order valence-corrected chi connectivity index (χ1v) is 53.9. The van der Waals surface area contributed by atoms with Crippen molar-refractivity contribution >= 4 is 0 Å². The molecule has 0 spiro atoms. The minimum atomic E-state index is -1.63. The number of aliphatic hydroxyl groups excluding tert-OH is 20. The molecular weight excluding hydrogens is 1940 g/mol. The van der Waals surface area contributed by atoms with Crippen LogP contribution < -0.4 is 23.7 Å². The van der Waals surface area contributed by atoms with E-state index in [1.165, 1.54) is 16.7 Å². The lowest BCUT2D eigenvalue weighted by molar-refractivity contribution is -0.300. The highest BCUT2D eigenvalue weighted by atomic mass is 16.7. The highest BCUT2D eigenvalue weighted by Crippen LogP contribution is 2.55. The van der Waals surface area contributed by atoms with Gasteiger partial charge in [-0.05, 0) is 253 Å². The molecule has 840 valence electrons. The molecule has 38 atom stereocenters. The second-order valence-corrected chi connectivity index (χ2v) is 43.3. The fourth-order valence-electron chi connectivity index (χ4n) is 22.8. The third kappa shape index (κ3) is 28.6. The van der Waals surface area contributed by atoms with Crippen LogP contribution >= 0.6 is 0 Å². The van der Waals surface area contributed by atoms with Crippen LogP contribution in [0.5, 0.6) is 46.0 Å². The summed E-state index contributed by atoms with van der Waals surface area (Å²) in [6.07, 6.45) is -15.0. The first kappa shape index (κ1) is 122. The van der Waals surface area contributed by atoms with E-state index in [9.17, 15) is 117 Å². The molecule has 5 heterocycles. The van der Waals surface area contributed by atoms with E-state index in [4.69, 9.17) is 52.1 Å². The molecule has 0 amide bonds. The van der Waals surface area contributed by atoms with Crippen molar-refractivity contribution in [3.05, 3.63) is 188 Å². The molecule has 5 aliphatic heterocycles. The summed E-state index contributed by atoms with van der Waals surface area (Å²) in [5, 5.41) is 241. The lowest BCUT2D eigenvalue weighted by atomic mass is 9.73. The number of aliphatic hydroxyl groups is 20. The van der Waals surface area contributed by atoms with Crippen molar-refractivity contribution in [3.8, 4) is 46.0 Å². The van der Waals surface area contributed by atoms with Gasteiger partial charge in [-0.1, -0.05) is 169 Å². The number of allylic oxidation sites excluding steroid dienone is 12. The Morgan fingerprint density at radius 3 is 0.793 bits per heavy atom. The van der Waals surface area contributed by atoms with E-state index in [0.717, 1.165) is 140 Å². The molecule has 0 radical (unpaired) electrons. The van der Waals surface area contributed by atoms with Crippen LogP contribution in [0, 0.1) is 29.6 Å². The third-order valence-electron chi connectivity index (χ3n) is 31.5. The van der Waals surface area contributed by atoms with Crippen LogP contribution in [-0.2, 0) is 54.1 Å². The van der Waals surface area contributed by atoms with Gasteiger partial charge in [0, 0.05) is 58.5 Å². The first-order chi connectivity index (χ1) is 71.2. The fraction of sp³-hybridized carbons (Fsp3) is 0.655. The minimum Gasteiger partial charge on any atom is -0.507 e. The molecule has 1 saturated carbocycles. The molecule has 34 heteroatoms. The molecule has 150 heavy (non-hydrogen) atoms. The van der Waals surface area contributed by atoms with Crippen molar-refractivity contribution in [2.45, 2.75) is 434 Å². The van der Waals surface area contributed by atoms with Crippen molar-refractivity contribution in [1.82, 2.24) is 0 Å². The monoisotopic (exact) mass is 2110 g/mol. The van der Waals surface area contributed by atoms with Gasteiger partial charge >= 0.3 is 0 Å². The highest BCUT2D eigenvalue weighted by Gasteiger charge is 2.55. The summed E-state index contributed by atoms with van der Waals surface area (Å²) in [4.78, 5) is 0. The van der Waals surface area contributed by atoms with Gasteiger partial charge in [0.15, 0.2) is 0 Å². The van der Waals surface area contributed by atoms with Gasteiger partial charge in [0.25, 0.3) is 0 Å². The second kappa shape index (κ2) is 55.2. The van der Waals surface area contributed by atoms with E-state index in [1.54, 1.807) is 25.1 Å². The van der Waals surface area contributed by atoms with Gasteiger partial charge < -0.3 is 170 Å². The molecule has 4 aromatic rings. The summed E-state index contributed by atoms with van der Waals surface area (Å²) >= 11 is 0. The molecule has 0 bridgehead atoms. The summed E-state index contributed by atoms with van der Waals surface area (Å²) in [6.45, 7) is 44.9. The van der Waals surface area contributed by atoms with Gasteiger partial charge in [-0.2, -0.15) is 0 Å². The summed E-state index contributed by atoms with van der Waals surface area (Å²) < 4.78 is 66.4. The normalized spacial score (nSPS) is 36.1. The maximum Gasteiger partial charge on any atom is 0.229 e. The molecule has 4 aromatic carbocycles. The van der Waals surface area contributed by atoms with E-state index in [0.29, 0.717) is 77.4 Å². The Kier molecular flexibility index (Phi) is 45.0. The zero-order valence-corrected chi connectivity index (χ0v) is 89.7. The average molecular weight is 2110 g/mol. The van der Waals surface area contributed by atoms with Crippen molar-refractivity contribution in [3.63, 3.8) is 0 Å². The van der Waals surface area contributed by atoms with E-state index in [2.05, 4.69) is 78.3 Å². The molecule has 0 aromatic heterocycles. The Bertz CT molecular complexity index is 5020. The quantitative estimate of drug-likeness (QED) is 0.0193. The van der Waals surface area contributed by atoms with Crippen LogP contribution in [0.3, 0.4) is 0 Å². The maximum atomic E-state index is 11.5. The predicted molar refractivity (Wildman–Crippen MR) is 560 cm³/mol. The number of ether oxygens (including phenoxy) is 11. The van der Waals surface area contributed by atoms with Crippen LogP contribution in [-0.4, -0.2) is 315 Å².